The number of benzene rings is 2. The Bertz CT molecular complexity index is 1790. The zero-order chi connectivity index (χ0) is 31.6. The van der Waals surface area contributed by atoms with Crippen LogP contribution in [-0.2, 0) is 29.2 Å². The molecule has 10 nitrogen and oxygen atoms in total. The lowest BCUT2D eigenvalue weighted by atomic mass is 10.2. The predicted octanol–water partition coefficient (Wildman–Crippen LogP) is 6.40. The molecule has 0 bridgehead atoms. The van der Waals surface area contributed by atoms with Crippen molar-refractivity contribution in [2.24, 2.45) is 12.8 Å². The third-order valence-corrected chi connectivity index (χ3v) is 13.3. The van der Waals surface area contributed by atoms with Gasteiger partial charge in [-0.2, -0.15) is 0 Å². The van der Waals surface area contributed by atoms with Crippen LogP contribution in [-0.4, -0.2) is 43.8 Å². The average Bonchev–Trinajstić information content (AvgIpc) is 3.69. The molecule has 44 heavy (non-hydrogen) atoms. The largest absolute Gasteiger partial charge is 0.397 e. The molecular weight excluding hydrogens is 570 g/mol. The van der Waals surface area contributed by atoms with Gasteiger partial charge in [-0.05, 0) is 66.7 Å². The van der Waals surface area contributed by atoms with Crippen LogP contribution >= 0.6 is 0 Å². The fraction of sp³-hybridized carbons (Fsp3) is 0.394. The maximum absolute atomic E-state index is 12.9. The van der Waals surface area contributed by atoms with E-state index in [0.717, 1.165) is 52.8 Å². The molecule has 2 aromatic carbocycles. The molecule has 5 rings (SSSR count). The molecule has 0 spiro atoms. The first-order chi connectivity index (χ1) is 20.8. The number of primary amides is 1. The van der Waals surface area contributed by atoms with E-state index in [9.17, 15) is 9.59 Å². The molecule has 1 unspecified atom stereocenters. The number of fused-ring (bicyclic) bond motifs is 2. The summed E-state index contributed by atoms with van der Waals surface area (Å²) in [6, 6.07) is 16.1. The Morgan fingerprint density at radius 3 is 2.57 bits per heavy atom. The number of nitrogens with two attached hydrogens (primary N) is 1. The van der Waals surface area contributed by atoms with E-state index in [-0.39, 0.29) is 22.9 Å². The van der Waals surface area contributed by atoms with Crippen molar-refractivity contribution < 1.29 is 14.0 Å². The fourth-order valence-corrected chi connectivity index (χ4v) is 6.44. The Hall–Kier alpha value is -4.22. The lowest BCUT2D eigenvalue weighted by Gasteiger charge is -2.39. The number of hydrogen-bond acceptors (Lipinski definition) is 5. The number of nitrogens with zero attached hydrogens (tertiary/aromatic N) is 5. The van der Waals surface area contributed by atoms with Gasteiger partial charge in [0.25, 0.3) is 5.91 Å². The SMILES string of the molecule is Cn1c(CCC(=O)Nc2ccc3ccn(CCCC(O[Si](C)(C)C(C)(C)C)n4cnc(C(N)=O)c4)c3c2)nc2ccccc21. The van der Waals surface area contributed by atoms with E-state index in [1.54, 1.807) is 12.5 Å². The van der Waals surface area contributed by atoms with Crippen LogP contribution in [0.3, 0.4) is 0 Å². The van der Waals surface area contributed by atoms with E-state index in [1.807, 2.05) is 58.6 Å². The summed E-state index contributed by atoms with van der Waals surface area (Å²) < 4.78 is 12.9. The minimum atomic E-state index is -2.11. The summed E-state index contributed by atoms with van der Waals surface area (Å²) in [6.45, 7) is 11.8. The lowest BCUT2D eigenvalue weighted by molar-refractivity contribution is -0.116. The Kier molecular flexibility index (Phi) is 8.80. The Balaban J connectivity index is 1.24. The molecule has 0 aliphatic rings. The standard InChI is InChI=1S/C33H43N7O3Si/c1-33(2,3)44(5,6)43-31(40-21-26(32(34)42)35-22-40)12-9-18-39-19-17-23-13-14-24(20-28(23)39)36-30(41)16-15-29-37-25-10-7-8-11-27(25)38(29)4/h7-8,10-11,13-14,17,19-22,31H,9,12,15-16,18H2,1-6H3,(H2,34,42)(H,36,41). The van der Waals surface area contributed by atoms with E-state index in [4.69, 9.17) is 10.2 Å². The minimum Gasteiger partial charge on any atom is -0.397 e. The van der Waals surface area contributed by atoms with Crippen molar-refractivity contribution in [3.63, 3.8) is 0 Å². The topological polar surface area (TPSA) is 122 Å². The fourth-order valence-electron chi connectivity index (χ4n) is 5.17. The smallest absolute Gasteiger partial charge is 0.268 e. The van der Waals surface area contributed by atoms with Crippen molar-refractivity contribution in [1.82, 2.24) is 23.7 Å². The number of hydrogen-bond donors (Lipinski definition) is 2. The van der Waals surface area contributed by atoms with Crippen molar-refractivity contribution in [2.45, 2.75) is 77.4 Å². The van der Waals surface area contributed by atoms with Crippen molar-refractivity contribution in [2.75, 3.05) is 5.32 Å². The van der Waals surface area contributed by atoms with Gasteiger partial charge >= 0.3 is 0 Å². The van der Waals surface area contributed by atoms with Crippen LogP contribution < -0.4 is 11.1 Å². The van der Waals surface area contributed by atoms with Gasteiger partial charge < -0.3 is 29.2 Å². The first-order valence-electron chi connectivity index (χ1n) is 15.1. The molecule has 3 aromatic heterocycles. The van der Waals surface area contributed by atoms with Gasteiger partial charge in [-0.1, -0.05) is 39.0 Å². The van der Waals surface area contributed by atoms with Gasteiger partial charge in [0.2, 0.25) is 5.91 Å². The van der Waals surface area contributed by atoms with E-state index in [2.05, 4.69) is 66.0 Å². The van der Waals surface area contributed by atoms with Crippen molar-refractivity contribution in [1.29, 1.82) is 0 Å². The second kappa shape index (κ2) is 12.4. The average molecular weight is 614 g/mol. The third-order valence-electron chi connectivity index (χ3n) is 8.79. The number of anilines is 1. The van der Waals surface area contributed by atoms with E-state index < -0.39 is 14.2 Å². The number of rotatable bonds is 12. The van der Waals surface area contributed by atoms with Gasteiger partial charge in [0.1, 0.15) is 17.7 Å². The van der Waals surface area contributed by atoms with Gasteiger partial charge in [0, 0.05) is 44.5 Å². The van der Waals surface area contributed by atoms with E-state index >= 15 is 0 Å². The summed E-state index contributed by atoms with van der Waals surface area (Å²) in [5.41, 5.74) is 9.52. The molecule has 0 radical (unpaired) electrons. The Morgan fingerprint density at radius 1 is 1.09 bits per heavy atom. The maximum atomic E-state index is 12.9. The summed E-state index contributed by atoms with van der Waals surface area (Å²) >= 11 is 0. The van der Waals surface area contributed by atoms with Gasteiger partial charge in [-0.15, -0.1) is 0 Å². The molecule has 0 aliphatic carbocycles. The predicted molar refractivity (Wildman–Crippen MR) is 177 cm³/mol. The van der Waals surface area contributed by atoms with Crippen LogP contribution in [0.1, 0.15) is 62.6 Å². The first kappa shape index (κ1) is 31.2. The van der Waals surface area contributed by atoms with Crippen LogP contribution in [0.4, 0.5) is 5.69 Å². The lowest BCUT2D eigenvalue weighted by Crippen LogP contribution is -2.42. The Labute approximate surface area is 259 Å². The number of aryl methyl sites for hydroxylation is 3. The quantitative estimate of drug-likeness (QED) is 0.158. The molecular formula is C33H43N7O3Si. The molecule has 232 valence electrons. The second-order valence-corrected chi connectivity index (χ2v) is 17.7. The number of amides is 2. The van der Waals surface area contributed by atoms with Gasteiger partial charge in [0.05, 0.1) is 22.9 Å². The number of carbonyl (C=O) groups excluding carboxylic acids is 2. The molecule has 5 aromatic rings. The van der Waals surface area contributed by atoms with Crippen LogP contribution in [0.2, 0.25) is 18.1 Å². The summed E-state index contributed by atoms with van der Waals surface area (Å²) in [5.74, 6) is 0.292. The Morgan fingerprint density at radius 2 is 1.86 bits per heavy atom. The van der Waals surface area contributed by atoms with Gasteiger partial charge in [-0.3, -0.25) is 9.59 Å². The number of carbonyl (C=O) groups is 2. The molecule has 11 heteroatoms. The van der Waals surface area contributed by atoms with Crippen LogP contribution in [0, 0.1) is 0 Å². The minimum absolute atomic E-state index is 0.0291. The summed E-state index contributed by atoms with van der Waals surface area (Å²) in [7, 11) is -0.123. The van der Waals surface area contributed by atoms with E-state index in [0.29, 0.717) is 12.8 Å². The molecule has 0 aliphatic heterocycles. The molecule has 0 saturated heterocycles. The molecule has 3 N–H and O–H groups in total. The molecule has 3 heterocycles. The highest BCUT2D eigenvalue weighted by Crippen LogP contribution is 2.39. The monoisotopic (exact) mass is 613 g/mol. The highest BCUT2D eigenvalue weighted by atomic mass is 28.4. The summed E-state index contributed by atoms with van der Waals surface area (Å²) in [4.78, 5) is 33.4. The molecule has 0 saturated carbocycles. The highest BCUT2D eigenvalue weighted by Gasteiger charge is 2.39. The van der Waals surface area contributed by atoms with Crippen molar-refractivity contribution in [3.05, 3.63) is 78.8 Å². The zero-order valence-electron chi connectivity index (χ0n) is 26.5. The summed E-state index contributed by atoms with van der Waals surface area (Å²) in [5, 5.41) is 4.21. The number of para-hydroxylation sites is 2. The van der Waals surface area contributed by atoms with Gasteiger partial charge in [-0.25, -0.2) is 9.97 Å². The van der Waals surface area contributed by atoms with Crippen LogP contribution in [0.25, 0.3) is 21.9 Å². The van der Waals surface area contributed by atoms with Crippen molar-refractivity contribution in [3.8, 4) is 0 Å². The van der Waals surface area contributed by atoms with E-state index in [1.165, 1.54) is 0 Å². The number of aromatic nitrogens is 5. The molecule has 0 fully saturated rings. The normalized spacial score (nSPS) is 13.0. The maximum Gasteiger partial charge on any atom is 0.268 e. The third kappa shape index (κ3) is 6.79. The van der Waals surface area contributed by atoms with Crippen LogP contribution in [0.5, 0.6) is 0 Å². The molecule has 1 atom stereocenters. The molecule has 2 amide bonds. The zero-order valence-corrected chi connectivity index (χ0v) is 27.5. The number of imidazole rings is 2. The first-order valence-corrected chi connectivity index (χ1v) is 18.0. The highest BCUT2D eigenvalue weighted by molar-refractivity contribution is 6.74. The van der Waals surface area contributed by atoms with Crippen LogP contribution in [0.15, 0.2) is 67.3 Å². The van der Waals surface area contributed by atoms with Gasteiger partial charge in [0.15, 0.2) is 8.32 Å². The second-order valence-electron chi connectivity index (χ2n) is 13.0. The number of nitrogens with one attached hydrogen (secondary N) is 1. The summed E-state index contributed by atoms with van der Waals surface area (Å²) in [6.07, 6.45) is 7.60. The van der Waals surface area contributed by atoms with Crippen molar-refractivity contribution >= 4 is 47.8 Å².